The topological polar surface area (TPSA) is 302 Å². The number of carbonyl (C=O) groups is 9. The molecule has 4 aliphatic rings. The van der Waals surface area contributed by atoms with Gasteiger partial charge in [0.2, 0.25) is 35.4 Å². The summed E-state index contributed by atoms with van der Waals surface area (Å²) < 4.78 is 27.8. The number of aliphatic hydroxyl groups is 1. The molecule has 8 rings (SSSR count). The molecular weight excluding hydrogens is 1000 g/mol. The van der Waals surface area contributed by atoms with E-state index in [2.05, 4.69) is 31.9 Å². The Kier molecular flexibility index (Phi) is 17.0. The van der Waals surface area contributed by atoms with Gasteiger partial charge in [-0.25, -0.2) is 14.2 Å². The van der Waals surface area contributed by atoms with Crippen molar-refractivity contribution in [2.24, 2.45) is 0 Å². The van der Waals surface area contributed by atoms with Gasteiger partial charge in [-0.1, -0.05) is 43.7 Å². The molecule has 3 aromatic heterocycles. The van der Waals surface area contributed by atoms with Gasteiger partial charge in [-0.15, -0.1) is 0 Å². The first-order chi connectivity index (χ1) is 36.9. The summed E-state index contributed by atoms with van der Waals surface area (Å²) in [7, 11) is 0. The highest BCUT2D eigenvalue weighted by molar-refractivity contribution is 6.12. The third-order valence-corrected chi connectivity index (χ3v) is 14.2. The molecule has 22 nitrogen and oxygen atoms in total. The zero-order chi connectivity index (χ0) is 55.1. The molecule has 0 saturated heterocycles. The predicted octanol–water partition coefficient (Wildman–Crippen LogP) is 0.508. The lowest BCUT2D eigenvalue weighted by Gasteiger charge is -2.32. The normalized spacial score (nSPS) is 19.2. The minimum Gasteiger partial charge on any atom is -0.458 e. The quantitative estimate of drug-likeness (QED) is 0.0231. The summed E-state index contributed by atoms with van der Waals surface area (Å²) in [6.07, 6.45) is 5.66. The number of halogens is 1. The number of nitrogens with zero attached hydrogens (tertiary/aromatic N) is 3. The van der Waals surface area contributed by atoms with Gasteiger partial charge >= 0.3 is 5.97 Å². The standard InChI is InChI=1S/C54H60FN9O13/c1-4-54(75)35-21-40-50-33(26-64(40)52(73)34(35)27-76-53(54)74)49-37(15-14-32-30(3)36(55)22-38(62-50)48(32)49)60-42(66)19-29(2)77-28-59-44(68)24-58-51(72)39(20-31-11-7-5-8-12-31)61-45(69)25-57-43(67)23-56-41(65)13-9-6-10-18-63-46(70)16-17-47(63)71/h5,7-8,11-12,16-17,21-22,26,29,36-37,39,75H,4,6,9-10,13-15,18-20,23-25,27-28H2,1-3H3,(H,56,65)(H,57,67)(H,58,72)(H,59,68)(H,60,66)(H,61,69)/t29-,36?,37+,39+,54+/m1/s1. The van der Waals surface area contributed by atoms with Crippen molar-refractivity contribution >= 4 is 81.3 Å². The largest absolute Gasteiger partial charge is 0.458 e. The summed E-state index contributed by atoms with van der Waals surface area (Å²) in [5.74, 6) is -5.09. The molecule has 0 spiro atoms. The summed E-state index contributed by atoms with van der Waals surface area (Å²) in [6, 6.07) is 8.59. The Labute approximate surface area is 440 Å². The third kappa shape index (κ3) is 12.3. The fourth-order valence-electron chi connectivity index (χ4n) is 9.99. The maximum absolute atomic E-state index is 15.5. The average molecular weight is 1060 g/mol. The highest BCUT2D eigenvalue weighted by Gasteiger charge is 2.45. The second-order valence-corrected chi connectivity index (χ2v) is 19.4. The van der Waals surface area contributed by atoms with E-state index >= 15 is 4.39 Å². The molecule has 4 aromatic rings. The van der Waals surface area contributed by atoms with Crippen LogP contribution in [0, 0.1) is 0 Å². The first-order valence-electron chi connectivity index (χ1n) is 25.5. The number of nitrogens with one attached hydrogen (secondary N) is 6. The van der Waals surface area contributed by atoms with Crippen LogP contribution in [0.15, 0.2) is 65.1 Å². The van der Waals surface area contributed by atoms with Crippen molar-refractivity contribution in [2.75, 3.05) is 32.9 Å². The number of amides is 8. The Morgan fingerprint density at radius 3 is 2.35 bits per heavy atom. The first kappa shape index (κ1) is 55.1. The number of aromatic nitrogens is 2. The molecule has 2 aliphatic heterocycles. The Morgan fingerprint density at radius 1 is 0.909 bits per heavy atom. The van der Waals surface area contributed by atoms with Crippen molar-refractivity contribution in [1.82, 2.24) is 46.2 Å². The van der Waals surface area contributed by atoms with E-state index in [9.17, 15) is 53.1 Å². The number of alkyl halides is 1. The number of imide groups is 1. The van der Waals surface area contributed by atoms with Gasteiger partial charge in [-0.2, -0.15) is 0 Å². The highest BCUT2D eigenvalue weighted by atomic mass is 19.1. The zero-order valence-electron chi connectivity index (χ0n) is 42.8. The van der Waals surface area contributed by atoms with Crippen LogP contribution in [0.2, 0.25) is 0 Å². The predicted molar refractivity (Wildman–Crippen MR) is 274 cm³/mol. The van der Waals surface area contributed by atoms with Crippen LogP contribution in [0.1, 0.15) is 106 Å². The number of unbranched alkanes of at least 4 members (excludes halogenated alkanes) is 2. The van der Waals surface area contributed by atoms with Crippen LogP contribution in [0.5, 0.6) is 0 Å². The number of hydrogen-bond acceptors (Lipinski definition) is 14. The van der Waals surface area contributed by atoms with Gasteiger partial charge in [0.25, 0.3) is 17.4 Å². The molecule has 2 aliphatic carbocycles. The van der Waals surface area contributed by atoms with Gasteiger partial charge < -0.3 is 46.5 Å². The highest BCUT2D eigenvalue weighted by Crippen LogP contribution is 2.44. The minimum absolute atomic E-state index is 0.0478. The maximum Gasteiger partial charge on any atom is 0.343 e. The van der Waals surface area contributed by atoms with E-state index in [1.807, 2.05) is 0 Å². The number of pyridine rings is 2. The Morgan fingerprint density at radius 2 is 1.61 bits per heavy atom. The molecule has 5 heterocycles. The van der Waals surface area contributed by atoms with Crippen LogP contribution < -0.4 is 42.8 Å². The maximum atomic E-state index is 15.5. The lowest BCUT2D eigenvalue weighted by molar-refractivity contribution is -0.172. The van der Waals surface area contributed by atoms with Crippen LogP contribution in [-0.4, -0.2) is 124 Å². The summed E-state index contributed by atoms with van der Waals surface area (Å²) in [4.78, 5) is 134. The van der Waals surface area contributed by atoms with Crippen molar-refractivity contribution in [2.45, 2.75) is 115 Å². The molecule has 1 unspecified atom stereocenters. The van der Waals surface area contributed by atoms with Crippen LogP contribution >= 0.6 is 0 Å². The molecule has 0 radical (unpaired) electrons. The summed E-state index contributed by atoms with van der Waals surface area (Å²) >= 11 is 0. The first-order valence-corrected chi connectivity index (χ1v) is 25.5. The van der Waals surface area contributed by atoms with Crippen molar-refractivity contribution in [3.8, 4) is 0 Å². The van der Waals surface area contributed by atoms with Crippen molar-refractivity contribution < 1.29 is 62.1 Å². The number of allylic oxidation sites excluding steroid dienone is 2. The Balaban J connectivity index is 0.808. The Bertz CT molecular complexity index is 3230. The molecule has 0 fully saturated rings. The number of cyclic esters (lactones) is 1. The molecule has 77 heavy (non-hydrogen) atoms. The van der Waals surface area contributed by atoms with Gasteiger partial charge in [0.15, 0.2) is 5.60 Å². The summed E-state index contributed by atoms with van der Waals surface area (Å²) in [6.45, 7) is 3.14. The van der Waals surface area contributed by atoms with E-state index in [0.717, 1.165) is 10.5 Å². The molecule has 0 bridgehead atoms. The van der Waals surface area contributed by atoms with Crippen LogP contribution in [0.25, 0.3) is 28.1 Å². The van der Waals surface area contributed by atoms with Crippen LogP contribution in [0.4, 0.5) is 4.39 Å². The minimum atomic E-state index is -2.05. The lowest BCUT2D eigenvalue weighted by atomic mass is 9.78. The van der Waals surface area contributed by atoms with Gasteiger partial charge in [-0.05, 0) is 80.4 Å². The number of fused-ring (bicyclic) bond motifs is 5. The third-order valence-electron chi connectivity index (χ3n) is 14.2. The van der Waals surface area contributed by atoms with Gasteiger partial charge in [0.05, 0.1) is 60.1 Å². The summed E-state index contributed by atoms with van der Waals surface area (Å²) in [5.41, 5.74) is 1.61. The van der Waals surface area contributed by atoms with E-state index in [0.29, 0.717) is 76.1 Å². The van der Waals surface area contributed by atoms with Gasteiger partial charge in [0.1, 0.15) is 25.6 Å². The van der Waals surface area contributed by atoms with Gasteiger partial charge in [0, 0.05) is 54.2 Å². The number of ether oxygens (including phenoxy) is 2. The SMILES string of the molecule is CC[C@@]1(O)C(=O)OCc2c1cc1c3nc4c5c(c3cn1c2=O)[C@@H](NC(=O)C[C@@H](C)OCNC(=O)CNC(=O)[C@H](Cc1ccccc1)NC(=O)CNC(=O)CNC(=O)CCCCCN1C(=O)C=CC1=O)CCC5=C(C)C(F)C=4. The van der Waals surface area contributed by atoms with Crippen LogP contribution in [0.3, 0.4) is 0 Å². The van der Waals surface area contributed by atoms with Crippen molar-refractivity contribution in [1.29, 1.82) is 0 Å². The van der Waals surface area contributed by atoms with E-state index < -0.39 is 96.6 Å². The molecular formula is C54H60FN9O13. The molecule has 8 amide bonds. The smallest absolute Gasteiger partial charge is 0.343 e. The zero-order valence-corrected chi connectivity index (χ0v) is 42.8. The van der Waals surface area contributed by atoms with Gasteiger partial charge in [-0.3, -0.25) is 52.5 Å². The fourth-order valence-corrected chi connectivity index (χ4v) is 9.99. The summed E-state index contributed by atoms with van der Waals surface area (Å²) in [5, 5.41) is 27.8. The van der Waals surface area contributed by atoms with Crippen molar-refractivity contribution in [3.05, 3.63) is 104 Å². The average Bonchev–Trinajstić information content (AvgIpc) is 4.19. The number of carbonyl (C=O) groups excluding carboxylic acids is 9. The van der Waals surface area contributed by atoms with E-state index in [1.54, 1.807) is 63.4 Å². The monoisotopic (exact) mass is 1060 g/mol. The molecule has 0 saturated carbocycles. The number of hydrogen-bond donors (Lipinski definition) is 7. The molecule has 1 aromatic carbocycles. The number of rotatable bonds is 23. The second-order valence-electron chi connectivity index (χ2n) is 19.4. The van der Waals surface area contributed by atoms with E-state index in [-0.39, 0.29) is 68.5 Å². The fraction of sp³-hybridized carbons (Fsp3) is 0.426. The van der Waals surface area contributed by atoms with E-state index in [1.165, 1.54) is 22.6 Å². The molecule has 406 valence electrons. The molecule has 7 N–H and O–H groups in total. The Hall–Kier alpha value is -8.18. The second kappa shape index (κ2) is 23.8. The molecule has 5 atom stereocenters. The lowest BCUT2D eigenvalue weighted by Crippen LogP contribution is -2.52. The van der Waals surface area contributed by atoms with Crippen molar-refractivity contribution in [3.63, 3.8) is 0 Å². The number of benzene rings is 1. The van der Waals surface area contributed by atoms with Crippen LogP contribution in [-0.2, 0) is 71.3 Å². The van der Waals surface area contributed by atoms with E-state index in [4.69, 9.17) is 14.5 Å². The molecule has 23 heteroatoms. The number of esters is 1.